The number of hydrogen-bond donors (Lipinski definition) is 1. The molecule has 5 nitrogen and oxygen atoms in total. The molecule has 1 aliphatic heterocycles. The van der Waals surface area contributed by atoms with E-state index in [-0.39, 0.29) is 24.5 Å². The summed E-state index contributed by atoms with van der Waals surface area (Å²) >= 11 is 6.01. The summed E-state index contributed by atoms with van der Waals surface area (Å²) in [6, 6.07) is 15.0. The second-order valence-corrected chi connectivity index (χ2v) is 7.86. The number of nitrogens with zero attached hydrogens (tertiary/aromatic N) is 2. The summed E-state index contributed by atoms with van der Waals surface area (Å²) in [6.07, 6.45) is 2.63. The molecular weight excluding hydrogens is 386 g/mol. The fraction of sp³-hybridized carbons (Fsp3) is 0.391. The number of fused-ring (bicyclic) bond motifs is 1. The molecule has 0 spiro atoms. The van der Waals surface area contributed by atoms with Crippen LogP contribution in [0.3, 0.4) is 0 Å². The molecule has 1 unspecified atom stereocenters. The number of urea groups is 1. The highest BCUT2D eigenvalue weighted by molar-refractivity contribution is 6.30. The third-order valence-corrected chi connectivity index (χ3v) is 5.62. The van der Waals surface area contributed by atoms with Gasteiger partial charge in [-0.2, -0.15) is 0 Å². The molecule has 29 heavy (non-hydrogen) atoms. The summed E-state index contributed by atoms with van der Waals surface area (Å²) in [5.74, 6) is -0.0237. The Labute approximate surface area is 177 Å². The van der Waals surface area contributed by atoms with Crippen molar-refractivity contribution in [2.45, 2.75) is 39.2 Å². The molecule has 0 radical (unpaired) electrons. The van der Waals surface area contributed by atoms with E-state index in [0.717, 1.165) is 19.3 Å². The minimum atomic E-state index is -0.279. The number of unbranched alkanes of at least 4 members (excludes halogenated alkanes) is 1. The number of benzene rings is 2. The van der Waals surface area contributed by atoms with Gasteiger partial charge in [-0.05, 0) is 49.1 Å². The lowest BCUT2D eigenvalue weighted by atomic mass is 9.93. The van der Waals surface area contributed by atoms with Gasteiger partial charge >= 0.3 is 6.03 Å². The van der Waals surface area contributed by atoms with E-state index in [1.54, 1.807) is 29.2 Å². The molecule has 3 amide bonds. The largest absolute Gasteiger partial charge is 0.334 e. The topological polar surface area (TPSA) is 52.7 Å². The van der Waals surface area contributed by atoms with Crippen molar-refractivity contribution in [1.82, 2.24) is 9.80 Å². The van der Waals surface area contributed by atoms with Crippen LogP contribution in [0, 0.1) is 0 Å². The molecule has 0 fully saturated rings. The van der Waals surface area contributed by atoms with Gasteiger partial charge in [0.25, 0.3) is 0 Å². The first-order valence-electron chi connectivity index (χ1n) is 10.2. The Hall–Kier alpha value is -2.53. The molecule has 1 aliphatic rings. The van der Waals surface area contributed by atoms with E-state index in [1.165, 1.54) is 11.1 Å². The molecule has 6 heteroatoms. The van der Waals surface area contributed by atoms with Crippen LogP contribution >= 0.6 is 11.6 Å². The number of halogens is 1. The SMILES string of the molecule is CCCCN(CC(=O)N1CCc2ccccc2C1C)C(=O)Nc1cccc(Cl)c1. The van der Waals surface area contributed by atoms with Crippen molar-refractivity contribution in [3.63, 3.8) is 0 Å². The predicted molar refractivity (Wildman–Crippen MR) is 117 cm³/mol. The number of rotatable bonds is 6. The summed E-state index contributed by atoms with van der Waals surface area (Å²) in [4.78, 5) is 29.4. The summed E-state index contributed by atoms with van der Waals surface area (Å²) < 4.78 is 0. The van der Waals surface area contributed by atoms with E-state index in [2.05, 4.69) is 31.3 Å². The highest BCUT2D eigenvalue weighted by atomic mass is 35.5. The maximum Gasteiger partial charge on any atom is 0.322 e. The van der Waals surface area contributed by atoms with Gasteiger partial charge in [0.15, 0.2) is 0 Å². The van der Waals surface area contributed by atoms with Gasteiger partial charge in [-0.15, -0.1) is 0 Å². The molecule has 0 bridgehead atoms. The molecule has 1 heterocycles. The highest BCUT2D eigenvalue weighted by Gasteiger charge is 2.29. The van der Waals surface area contributed by atoms with Crippen molar-refractivity contribution in [3.05, 3.63) is 64.7 Å². The highest BCUT2D eigenvalue weighted by Crippen LogP contribution is 2.29. The van der Waals surface area contributed by atoms with Gasteiger partial charge in [-0.25, -0.2) is 4.79 Å². The van der Waals surface area contributed by atoms with E-state index in [1.807, 2.05) is 17.0 Å². The monoisotopic (exact) mass is 413 g/mol. The maximum atomic E-state index is 13.1. The molecule has 154 valence electrons. The zero-order chi connectivity index (χ0) is 20.8. The fourth-order valence-corrected chi connectivity index (χ4v) is 3.93. The number of nitrogens with one attached hydrogen (secondary N) is 1. The fourth-order valence-electron chi connectivity index (χ4n) is 3.74. The van der Waals surface area contributed by atoms with Gasteiger partial charge in [0, 0.05) is 23.8 Å². The molecule has 0 saturated heterocycles. The quantitative estimate of drug-likeness (QED) is 0.714. The Morgan fingerprint density at radius 2 is 2.00 bits per heavy atom. The van der Waals surface area contributed by atoms with Crippen molar-refractivity contribution in [1.29, 1.82) is 0 Å². The third kappa shape index (κ3) is 5.30. The molecule has 0 aliphatic carbocycles. The van der Waals surface area contributed by atoms with Gasteiger partial charge in [-0.1, -0.05) is 55.3 Å². The molecule has 3 rings (SSSR count). The Bertz CT molecular complexity index is 871. The Kier molecular flexibility index (Phi) is 7.15. The number of amides is 3. The average Bonchev–Trinajstić information content (AvgIpc) is 2.71. The lowest BCUT2D eigenvalue weighted by Crippen LogP contribution is -2.47. The molecule has 2 aromatic carbocycles. The Morgan fingerprint density at radius 1 is 1.21 bits per heavy atom. The van der Waals surface area contributed by atoms with Crippen molar-refractivity contribution in [2.75, 3.05) is 25.0 Å². The van der Waals surface area contributed by atoms with E-state index in [0.29, 0.717) is 23.8 Å². The van der Waals surface area contributed by atoms with Crippen LogP contribution in [0.25, 0.3) is 0 Å². The third-order valence-electron chi connectivity index (χ3n) is 5.39. The first-order valence-corrected chi connectivity index (χ1v) is 10.6. The van der Waals surface area contributed by atoms with Gasteiger partial charge in [0.2, 0.25) is 5.91 Å². The zero-order valence-corrected chi connectivity index (χ0v) is 17.8. The number of anilines is 1. The summed E-state index contributed by atoms with van der Waals surface area (Å²) in [5, 5.41) is 3.41. The lowest BCUT2D eigenvalue weighted by Gasteiger charge is -2.36. The maximum absolute atomic E-state index is 13.1. The minimum absolute atomic E-state index is 0.0106. The smallest absolute Gasteiger partial charge is 0.322 e. The van der Waals surface area contributed by atoms with Crippen LogP contribution in [0.5, 0.6) is 0 Å². The van der Waals surface area contributed by atoms with Gasteiger partial charge in [-0.3, -0.25) is 4.79 Å². The first-order chi connectivity index (χ1) is 14.0. The van der Waals surface area contributed by atoms with Crippen LogP contribution in [0.4, 0.5) is 10.5 Å². The second kappa shape index (κ2) is 9.79. The molecule has 0 aromatic heterocycles. The van der Waals surface area contributed by atoms with Crippen molar-refractivity contribution in [2.24, 2.45) is 0 Å². The number of hydrogen-bond acceptors (Lipinski definition) is 2. The molecule has 1 N–H and O–H groups in total. The summed E-state index contributed by atoms with van der Waals surface area (Å²) in [7, 11) is 0. The van der Waals surface area contributed by atoms with Crippen molar-refractivity contribution in [3.8, 4) is 0 Å². The van der Waals surface area contributed by atoms with Gasteiger partial charge in [0.1, 0.15) is 6.54 Å². The Morgan fingerprint density at radius 3 is 2.76 bits per heavy atom. The number of carbonyl (C=O) groups is 2. The normalized spacial score (nSPS) is 15.6. The minimum Gasteiger partial charge on any atom is -0.334 e. The van der Waals surface area contributed by atoms with Crippen molar-refractivity contribution >= 4 is 29.2 Å². The summed E-state index contributed by atoms with van der Waals surface area (Å²) in [5.41, 5.74) is 3.11. The Balaban J connectivity index is 1.69. The van der Waals surface area contributed by atoms with Crippen LogP contribution in [0.2, 0.25) is 5.02 Å². The van der Waals surface area contributed by atoms with E-state index < -0.39 is 0 Å². The number of carbonyl (C=O) groups excluding carboxylic acids is 2. The van der Waals surface area contributed by atoms with Crippen LogP contribution < -0.4 is 5.32 Å². The first kappa shape index (κ1) is 21.2. The van der Waals surface area contributed by atoms with Crippen LogP contribution in [0.1, 0.15) is 43.9 Å². The molecular formula is C23H28ClN3O2. The standard InChI is InChI=1S/C23H28ClN3O2/c1-3-4-13-26(23(29)25-20-10-7-9-19(24)15-20)16-22(28)27-14-12-18-8-5-6-11-21(18)17(27)2/h5-11,15,17H,3-4,12-14,16H2,1-2H3,(H,25,29). The zero-order valence-electron chi connectivity index (χ0n) is 17.0. The molecule has 2 aromatic rings. The van der Waals surface area contributed by atoms with E-state index in [9.17, 15) is 9.59 Å². The van der Waals surface area contributed by atoms with Gasteiger partial charge < -0.3 is 15.1 Å². The predicted octanol–water partition coefficient (Wildman–Crippen LogP) is 5.12. The molecule has 1 atom stereocenters. The second-order valence-electron chi connectivity index (χ2n) is 7.43. The van der Waals surface area contributed by atoms with E-state index >= 15 is 0 Å². The lowest BCUT2D eigenvalue weighted by molar-refractivity contribution is -0.134. The van der Waals surface area contributed by atoms with Gasteiger partial charge in [0.05, 0.1) is 6.04 Å². The average molecular weight is 414 g/mol. The van der Waals surface area contributed by atoms with Crippen LogP contribution in [0.15, 0.2) is 48.5 Å². The summed E-state index contributed by atoms with van der Waals surface area (Å²) in [6.45, 7) is 5.40. The van der Waals surface area contributed by atoms with E-state index in [4.69, 9.17) is 11.6 Å². The van der Waals surface area contributed by atoms with Crippen LogP contribution in [-0.4, -0.2) is 41.4 Å². The van der Waals surface area contributed by atoms with Crippen molar-refractivity contribution < 1.29 is 9.59 Å². The molecule has 0 saturated carbocycles. The van der Waals surface area contributed by atoms with Crippen LogP contribution in [-0.2, 0) is 11.2 Å².